The average Bonchev–Trinajstić information content (AvgIpc) is 2.79. The minimum atomic E-state index is 0.604. The third-order valence-corrected chi connectivity index (χ3v) is 7.12. The van der Waals surface area contributed by atoms with Crippen molar-refractivity contribution in [2.75, 3.05) is 7.05 Å². The van der Waals surface area contributed by atoms with Crippen molar-refractivity contribution < 1.29 is 0 Å². The van der Waals surface area contributed by atoms with Gasteiger partial charge in [-0.05, 0) is 62.6 Å². The van der Waals surface area contributed by atoms with E-state index in [1.807, 2.05) is 0 Å². The summed E-state index contributed by atoms with van der Waals surface area (Å²) in [6.07, 6.45) is 14.0. The van der Waals surface area contributed by atoms with Gasteiger partial charge < -0.3 is 5.32 Å². The van der Waals surface area contributed by atoms with Gasteiger partial charge in [-0.1, -0.05) is 39.0 Å². The molecular weight excluding hydrogens is 274 g/mol. The topological polar surface area (TPSA) is 12.0 Å². The largest absolute Gasteiger partial charge is 0.312 e. The summed E-state index contributed by atoms with van der Waals surface area (Å²) in [5.41, 5.74) is 1.68. The van der Waals surface area contributed by atoms with Gasteiger partial charge >= 0.3 is 0 Å². The minimum absolute atomic E-state index is 0.604. The minimum Gasteiger partial charge on any atom is -0.312 e. The third-order valence-electron chi connectivity index (χ3n) is 5.80. The number of thiophene rings is 1. The van der Waals surface area contributed by atoms with Crippen LogP contribution in [0.5, 0.6) is 0 Å². The lowest BCUT2D eigenvalue weighted by molar-refractivity contribution is 0.182. The second-order valence-electron chi connectivity index (χ2n) is 7.04. The maximum absolute atomic E-state index is 3.69. The lowest BCUT2D eigenvalue weighted by Crippen LogP contribution is -2.32. The molecule has 1 aromatic heterocycles. The van der Waals surface area contributed by atoms with Gasteiger partial charge in [0.25, 0.3) is 0 Å². The van der Waals surface area contributed by atoms with Gasteiger partial charge in [0, 0.05) is 15.8 Å². The van der Waals surface area contributed by atoms with Crippen LogP contribution in [0.1, 0.15) is 79.6 Å². The van der Waals surface area contributed by atoms with Crippen LogP contribution in [0.4, 0.5) is 0 Å². The molecular formula is C19H31NS. The number of fused-ring (bicyclic) bond motifs is 1. The van der Waals surface area contributed by atoms with Crippen LogP contribution in [0.25, 0.3) is 0 Å². The van der Waals surface area contributed by atoms with Gasteiger partial charge in [0.05, 0.1) is 0 Å². The Hall–Kier alpha value is -0.340. The molecule has 1 heterocycles. The zero-order chi connectivity index (χ0) is 14.7. The van der Waals surface area contributed by atoms with E-state index in [1.165, 1.54) is 64.2 Å². The lowest BCUT2D eigenvalue weighted by atomic mass is 9.73. The molecule has 3 unspecified atom stereocenters. The average molecular weight is 306 g/mol. The summed E-state index contributed by atoms with van der Waals surface area (Å²) in [7, 11) is 2.18. The second-order valence-corrected chi connectivity index (χ2v) is 8.21. The van der Waals surface area contributed by atoms with Gasteiger partial charge in [-0.15, -0.1) is 11.3 Å². The van der Waals surface area contributed by atoms with E-state index in [1.54, 1.807) is 15.3 Å². The fourth-order valence-corrected chi connectivity index (χ4v) is 6.04. The molecule has 21 heavy (non-hydrogen) atoms. The van der Waals surface area contributed by atoms with Crippen molar-refractivity contribution in [2.45, 2.75) is 77.2 Å². The van der Waals surface area contributed by atoms with E-state index in [4.69, 9.17) is 0 Å². The summed E-state index contributed by atoms with van der Waals surface area (Å²) >= 11 is 2.13. The summed E-state index contributed by atoms with van der Waals surface area (Å²) in [5.74, 6) is 1.79. The van der Waals surface area contributed by atoms with Crippen LogP contribution in [-0.2, 0) is 12.8 Å². The molecule has 0 spiro atoms. The first-order chi connectivity index (χ1) is 10.3. The summed E-state index contributed by atoms with van der Waals surface area (Å²) in [5, 5.41) is 3.69. The Balaban J connectivity index is 1.82. The Labute approximate surface area is 134 Å². The summed E-state index contributed by atoms with van der Waals surface area (Å²) in [6, 6.07) is 3.17. The highest BCUT2D eigenvalue weighted by molar-refractivity contribution is 7.12. The predicted octanol–water partition coefficient (Wildman–Crippen LogP) is 5.49. The normalized spacial score (nSPS) is 27.9. The van der Waals surface area contributed by atoms with Crippen LogP contribution >= 0.6 is 11.3 Å². The predicted molar refractivity (Wildman–Crippen MR) is 93.1 cm³/mol. The quantitative estimate of drug-likeness (QED) is 0.725. The van der Waals surface area contributed by atoms with E-state index >= 15 is 0 Å². The molecule has 3 rings (SSSR count). The lowest BCUT2D eigenvalue weighted by Gasteiger charge is -2.36. The van der Waals surface area contributed by atoms with Crippen molar-refractivity contribution in [1.29, 1.82) is 0 Å². The van der Waals surface area contributed by atoms with Crippen LogP contribution in [0.15, 0.2) is 6.07 Å². The van der Waals surface area contributed by atoms with Gasteiger partial charge in [-0.3, -0.25) is 0 Å². The van der Waals surface area contributed by atoms with Gasteiger partial charge in [0.1, 0.15) is 0 Å². The highest BCUT2D eigenvalue weighted by Crippen LogP contribution is 2.43. The second kappa shape index (κ2) is 7.28. The maximum atomic E-state index is 3.69. The Kier molecular flexibility index (Phi) is 5.39. The van der Waals surface area contributed by atoms with Crippen LogP contribution in [0.3, 0.4) is 0 Å². The first-order valence-corrected chi connectivity index (χ1v) is 9.94. The van der Waals surface area contributed by atoms with E-state index in [0.717, 1.165) is 11.8 Å². The monoisotopic (exact) mass is 305 g/mol. The maximum Gasteiger partial charge on any atom is 0.0443 e. The van der Waals surface area contributed by atoms with E-state index in [2.05, 4.69) is 36.7 Å². The molecule has 1 nitrogen and oxygen atoms in total. The van der Waals surface area contributed by atoms with Gasteiger partial charge in [0.2, 0.25) is 0 Å². The van der Waals surface area contributed by atoms with Crippen LogP contribution in [0, 0.1) is 11.8 Å². The molecule has 2 heteroatoms. The molecule has 2 aliphatic carbocycles. The molecule has 0 saturated heterocycles. The molecule has 0 bridgehead atoms. The van der Waals surface area contributed by atoms with E-state index in [9.17, 15) is 0 Å². The SMILES string of the molecule is CCC1CCCCC1C(NC)c1cc2c(s1)CCCCC2. The van der Waals surface area contributed by atoms with E-state index in [0.29, 0.717) is 6.04 Å². The van der Waals surface area contributed by atoms with Crippen LogP contribution in [0.2, 0.25) is 0 Å². The number of hydrogen-bond acceptors (Lipinski definition) is 2. The molecule has 3 atom stereocenters. The van der Waals surface area contributed by atoms with Gasteiger partial charge in [0.15, 0.2) is 0 Å². The van der Waals surface area contributed by atoms with Gasteiger partial charge in [-0.25, -0.2) is 0 Å². The Morgan fingerprint density at radius 2 is 1.95 bits per heavy atom. The fourth-order valence-electron chi connectivity index (χ4n) is 4.59. The summed E-state index contributed by atoms with van der Waals surface area (Å²) < 4.78 is 0. The standard InChI is InChI=1S/C19H31NS/c1-3-14-9-7-8-11-16(14)19(20-2)18-13-15-10-5-4-6-12-17(15)21-18/h13-14,16,19-20H,3-12H2,1-2H3. The van der Waals surface area contributed by atoms with Crippen LogP contribution in [-0.4, -0.2) is 7.05 Å². The van der Waals surface area contributed by atoms with Crippen molar-refractivity contribution in [1.82, 2.24) is 5.32 Å². The van der Waals surface area contributed by atoms with Crippen molar-refractivity contribution in [2.24, 2.45) is 11.8 Å². The first kappa shape index (κ1) is 15.6. The number of rotatable bonds is 4. The van der Waals surface area contributed by atoms with Crippen molar-refractivity contribution in [3.05, 3.63) is 21.4 Å². The van der Waals surface area contributed by atoms with Crippen molar-refractivity contribution in [3.63, 3.8) is 0 Å². The molecule has 2 aliphatic rings. The molecule has 0 aliphatic heterocycles. The summed E-state index contributed by atoms with van der Waals surface area (Å²) in [4.78, 5) is 3.33. The highest BCUT2D eigenvalue weighted by Gasteiger charge is 2.32. The number of hydrogen-bond donors (Lipinski definition) is 1. The van der Waals surface area contributed by atoms with Crippen molar-refractivity contribution >= 4 is 11.3 Å². The van der Waals surface area contributed by atoms with E-state index < -0.39 is 0 Å². The third kappa shape index (κ3) is 3.37. The summed E-state index contributed by atoms with van der Waals surface area (Å²) in [6.45, 7) is 2.39. The highest BCUT2D eigenvalue weighted by atomic mass is 32.1. The molecule has 1 saturated carbocycles. The number of aryl methyl sites for hydroxylation is 2. The molecule has 1 aromatic rings. The molecule has 1 fully saturated rings. The van der Waals surface area contributed by atoms with Crippen molar-refractivity contribution in [3.8, 4) is 0 Å². The molecule has 1 N–H and O–H groups in total. The molecule has 118 valence electrons. The van der Waals surface area contributed by atoms with Crippen LogP contribution < -0.4 is 5.32 Å². The first-order valence-electron chi connectivity index (χ1n) is 9.12. The fraction of sp³-hybridized carbons (Fsp3) is 0.789. The Morgan fingerprint density at radius 3 is 2.76 bits per heavy atom. The Morgan fingerprint density at radius 1 is 1.14 bits per heavy atom. The zero-order valence-corrected chi connectivity index (χ0v) is 14.6. The Bertz CT molecular complexity index is 427. The number of nitrogens with one attached hydrogen (secondary N) is 1. The zero-order valence-electron chi connectivity index (χ0n) is 13.8. The smallest absolute Gasteiger partial charge is 0.0443 e. The van der Waals surface area contributed by atoms with E-state index in [-0.39, 0.29) is 0 Å². The molecule has 0 radical (unpaired) electrons. The molecule has 0 aromatic carbocycles. The van der Waals surface area contributed by atoms with Gasteiger partial charge in [-0.2, -0.15) is 0 Å². The molecule has 0 amide bonds.